The second-order valence-corrected chi connectivity index (χ2v) is 4.24. The zero-order chi connectivity index (χ0) is 11.8. The summed E-state index contributed by atoms with van der Waals surface area (Å²) >= 11 is 0. The van der Waals surface area contributed by atoms with Gasteiger partial charge in [0, 0.05) is 25.9 Å². The minimum absolute atomic E-state index is 0.0991. The van der Waals surface area contributed by atoms with Crippen LogP contribution >= 0.6 is 0 Å². The van der Waals surface area contributed by atoms with Gasteiger partial charge in [-0.15, -0.1) is 0 Å². The van der Waals surface area contributed by atoms with Gasteiger partial charge in [0.05, 0.1) is 11.9 Å². The smallest absolute Gasteiger partial charge is 0.251 e. The zero-order valence-electron chi connectivity index (χ0n) is 9.21. The third kappa shape index (κ3) is 2.23. The highest BCUT2D eigenvalue weighted by atomic mass is 19.3. The second-order valence-electron chi connectivity index (χ2n) is 4.24. The fourth-order valence-corrected chi connectivity index (χ4v) is 1.79. The van der Waals surface area contributed by atoms with Crippen LogP contribution in [0.4, 0.5) is 20.3 Å². The minimum Gasteiger partial charge on any atom is -0.397 e. The minimum atomic E-state index is -2.51. The van der Waals surface area contributed by atoms with E-state index in [9.17, 15) is 8.78 Å². The maximum atomic E-state index is 13.0. The number of pyridine rings is 1. The fourth-order valence-electron chi connectivity index (χ4n) is 1.79. The number of nitrogen functional groups attached to an aromatic ring is 1. The molecule has 0 aliphatic carbocycles. The van der Waals surface area contributed by atoms with Gasteiger partial charge in [0.25, 0.3) is 5.92 Å². The molecular weight excluding hydrogens is 212 g/mol. The highest BCUT2D eigenvalue weighted by Gasteiger charge is 2.34. The summed E-state index contributed by atoms with van der Waals surface area (Å²) in [7, 11) is 0. The summed E-state index contributed by atoms with van der Waals surface area (Å²) in [4.78, 5) is 6.05. The molecule has 88 valence electrons. The van der Waals surface area contributed by atoms with Crippen LogP contribution in [-0.2, 0) is 0 Å². The molecule has 0 unspecified atom stereocenters. The van der Waals surface area contributed by atoms with Gasteiger partial charge in [-0.3, -0.25) is 0 Å². The summed E-state index contributed by atoms with van der Waals surface area (Å²) in [6, 6.07) is 1.85. The van der Waals surface area contributed by atoms with Crippen molar-refractivity contribution in [3.05, 3.63) is 17.8 Å². The molecule has 0 spiro atoms. The van der Waals surface area contributed by atoms with Crippen molar-refractivity contribution in [1.82, 2.24) is 4.98 Å². The summed E-state index contributed by atoms with van der Waals surface area (Å²) in [5, 5.41) is 0. The Labute approximate surface area is 93.3 Å². The first-order valence-electron chi connectivity index (χ1n) is 5.33. The van der Waals surface area contributed by atoms with E-state index in [1.807, 2.05) is 17.9 Å². The van der Waals surface area contributed by atoms with Crippen LogP contribution in [0.3, 0.4) is 0 Å². The number of piperidine rings is 1. The van der Waals surface area contributed by atoms with Gasteiger partial charge >= 0.3 is 0 Å². The van der Waals surface area contributed by atoms with Crippen LogP contribution in [-0.4, -0.2) is 24.0 Å². The molecule has 16 heavy (non-hydrogen) atoms. The van der Waals surface area contributed by atoms with E-state index >= 15 is 0 Å². The zero-order valence-corrected chi connectivity index (χ0v) is 9.21. The van der Waals surface area contributed by atoms with Crippen molar-refractivity contribution in [2.24, 2.45) is 0 Å². The van der Waals surface area contributed by atoms with E-state index in [2.05, 4.69) is 4.98 Å². The number of aromatic nitrogens is 1. The number of rotatable bonds is 1. The number of hydrogen-bond donors (Lipinski definition) is 1. The number of halogens is 2. The third-order valence-electron chi connectivity index (χ3n) is 2.96. The number of aryl methyl sites for hydroxylation is 1. The standard InChI is InChI=1S/C11H15F2N3/c1-8-6-10(15-7-9(8)14)16-4-2-11(12,13)3-5-16/h6-7H,2-5,14H2,1H3. The van der Waals surface area contributed by atoms with E-state index in [-0.39, 0.29) is 12.8 Å². The van der Waals surface area contributed by atoms with Gasteiger partial charge in [-0.25, -0.2) is 13.8 Å². The first-order chi connectivity index (χ1) is 7.48. The first-order valence-corrected chi connectivity index (χ1v) is 5.33. The van der Waals surface area contributed by atoms with E-state index in [1.54, 1.807) is 6.20 Å². The molecule has 2 heterocycles. The maximum Gasteiger partial charge on any atom is 0.251 e. The predicted octanol–water partition coefficient (Wildman–Crippen LogP) is 2.21. The average Bonchev–Trinajstić information content (AvgIpc) is 2.22. The van der Waals surface area contributed by atoms with Crippen molar-refractivity contribution in [3.8, 4) is 0 Å². The Kier molecular flexibility index (Phi) is 2.69. The Morgan fingerprint density at radius 1 is 1.38 bits per heavy atom. The molecule has 1 aromatic heterocycles. The molecule has 1 aliphatic rings. The van der Waals surface area contributed by atoms with E-state index in [0.717, 1.165) is 11.4 Å². The van der Waals surface area contributed by atoms with Crippen LogP contribution in [0.25, 0.3) is 0 Å². The summed E-state index contributed by atoms with van der Waals surface area (Å²) in [5.41, 5.74) is 7.22. The number of nitrogens with two attached hydrogens (primary N) is 1. The molecule has 0 aromatic carbocycles. The van der Waals surface area contributed by atoms with Crippen LogP contribution in [0.1, 0.15) is 18.4 Å². The van der Waals surface area contributed by atoms with Crippen molar-refractivity contribution in [3.63, 3.8) is 0 Å². The van der Waals surface area contributed by atoms with E-state index in [0.29, 0.717) is 18.8 Å². The molecule has 1 aromatic rings. The Balaban J connectivity index is 2.11. The van der Waals surface area contributed by atoms with Crippen LogP contribution in [0.2, 0.25) is 0 Å². The number of hydrogen-bond acceptors (Lipinski definition) is 3. The van der Waals surface area contributed by atoms with Crippen LogP contribution < -0.4 is 10.6 Å². The second kappa shape index (κ2) is 3.88. The first kappa shape index (κ1) is 11.1. The molecule has 1 saturated heterocycles. The lowest BCUT2D eigenvalue weighted by Crippen LogP contribution is -2.39. The quantitative estimate of drug-likeness (QED) is 0.799. The van der Waals surface area contributed by atoms with Crippen LogP contribution in [0, 0.1) is 6.92 Å². The van der Waals surface area contributed by atoms with Gasteiger partial charge in [0.1, 0.15) is 5.82 Å². The number of alkyl halides is 2. The van der Waals surface area contributed by atoms with Crippen molar-refractivity contribution in [1.29, 1.82) is 0 Å². The molecule has 1 fully saturated rings. The summed E-state index contributed by atoms with van der Waals surface area (Å²) in [6.45, 7) is 2.59. The van der Waals surface area contributed by atoms with Gasteiger partial charge < -0.3 is 10.6 Å². The molecule has 0 atom stereocenters. The van der Waals surface area contributed by atoms with Gasteiger partial charge in [0.2, 0.25) is 0 Å². The third-order valence-corrected chi connectivity index (χ3v) is 2.96. The molecule has 0 radical (unpaired) electrons. The normalized spacial score (nSPS) is 19.8. The molecule has 1 aliphatic heterocycles. The Bertz CT molecular complexity index is 383. The van der Waals surface area contributed by atoms with E-state index in [1.165, 1.54) is 0 Å². The highest BCUT2D eigenvalue weighted by Crippen LogP contribution is 2.30. The van der Waals surface area contributed by atoms with Crippen molar-refractivity contribution in [2.75, 3.05) is 23.7 Å². The number of nitrogens with zero attached hydrogens (tertiary/aromatic N) is 2. The monoisotopic (exact) mass is 227 g/mol. The molecule has 5 heteroatoms. The fraction of sp³-hybridized carbons (Fsp3) is 0.545. The lowest BCUT2D eigenvalue weighted by molar-refractivity contribution is -0.0221. The average molecular weight is 227 g/mol. The molecule has 0 amide bonds. The van der Waals surface area contributed by atoms with Crippen LogP contribution in [0.5, 0.6) is 0 Å². The highest BCUT2D eigenvalue weighted by molar-refractivity contribution is 5.52. The topological polar surface area (TPSA) is 42.2 Å². The maximum absolute atomic E-state index is 13.0. The molecule has 3 nitrogen and oxygen atoms in total. The lowest BCUT2D eigenvalue weighted by Gasteiger charge is -2.32. The molecule has 2 N–H and O–H groups in total. The van der Waals surface area contributed by atoms with Gasteiger partial charge in [0.15, 0.2) is 0 Å². The molecule has 2 rings (SSSR count). The number of anilines is 2. The summed E-state index contributed by atoms with van der Waals surface area (Å²) < 4.78 is 25.9. The summed E-state index contributed by atoms with van der Waals surface area (Å²) in [6.07, 6.45) is 1.38. The lowest BCUT2D eigenvalue weighted by atomic mass is 10.1. The van der Waals surface area contributed by atoms with Crippen molar-refractivity contribution in [2.45, 2.75) is 25.7 Å². The van der Waals surface area contributed by atoms with Crippen LogP contribution in [0.15, 0.2) is 12.3 Å². The Hall–Kier alpha value is -1.39. The SMILES string of the molecule is Cc1cc(N2CCC(F)(F)CC2)ncc1N. The molecular formula is C11H15F2N3. The summed E-state index contributed by atoms with van der Waals surface area (Å²) in [5.74, 6) is -1.78. The Morgan fingerprint density at radius 3 is 2.56 bits per heavy atom. The largest absolute Gasteiger partial charge is 0.397 e. The molecule has 0 saturated carbocycles. The molecule has 0 bridgehead atoms. The van der Waals surface area contributed by atoms with Gasteiger partial charge in [-0.1, -0.05) is 0 Å². The van der Waals surface area contributed by atoms with E-state index < -0.39 is 5.92 Å². The van der Waals surface area contributed by atoms with Gasteiger partial charge in [-0.2, -0.15) is 0 Å². The Morgan fingerprint density at radius 2 is 2.00 bits per heavy atom. The van der Waals surface area contributed by atoms with E-state index in [4.69, 9.17) is 5.73 Å². The predicted molar refractivity (Wildman–Crippen MR) is 59.8 cm³/mol. The van der Waals surface area contributed by atoms with Gasteiger partial charge in [-0.05, 0) is 18.6 Å². The van der Waals surface area contributed by atoms with Crippen molar-refractivity contribution < 1.29 is 8.78 Å². The van der Waals surface area contributed by atoms with Crippen molar-refractivity contribution >= 4 is 11.5 Å².